The quantitative estimate of drug-likeness (QED) is 0.872. The number of benzene rings is 2. The highest BCUT2D eigenvalue weighted by molar-refractivity contribution is 7.92. The largest absolute Gasteiger partial charge is 0.491 e. The van der Waals surface area contributed by atoms with E-state index in [0.29, 0.717) is 47.8 Å². The van der Waals surface area contributed by atoms with E-state index < -0.39 is 10.0 Å². The normalized spacial score (nSPS) is 14.4. The molecule has 1 heterocycles. The average molecular weight is 388 g/mol. The van der Waals surface area contributed by atoms with E-state index in [-0.39, 0.29) is 10.8 Å². The van der Waals surface area contributed by atoms with Crippen LogP contribution in [0.5, 0.6) is 5.75 Å². The van der Waals surface area contributed by atoms with Crippen LogP contribution in [0.3, 0.4) is 0 Å². The number of hydrogen-bond acceptors (Lipinski definition) is 4. The molecule has 0 unspecified atom stereocenters. The van der Waals surface area contributed by atoms with Gasteiger partial charge in [-0.1, -0.05) is 17.7 Å². The van der Waals surface area contributed by atoms with E-state index in [2.05, 4.69) is 4.72 Å². The second kappa shape index (κ2) is 7.23. The Hall–Kier alpha value is -2.54. The highest BCUT2D eigenvalue weighted by Gasteiger charge is 2.25. The van der Waals surface area contributed by atoms with Crippen molar-refractivity contribution in [2.24, 2.45) is 0 Å². The molecule has 7 heteroatoms. The van der Waals surface area contributed by atoms with Crippen LogP contribution in [0.4, 0.5) is 5.69 Å². The molecule has 0 saturated heterocycles. The second-order valence-electron chi connectivity index (χ2n) is 6.78. The molecule has 1 aliphatic heterocycles. The highest BCUT2D eigenvalue weighted by Crippen LogP contribution is 2.29. The number of hydrogen-bond donors (Lipinski definition) is 1. The van der Waals surface area contributed by atoms with Gasteiger partial charge in [-0.05, 0) is 57.0 Å². The number of carbonyl (C=O) groups excluding carboxylic acids is 1. The number of carbonyl (C=O) groups is 1. The van der Waals surface area contributed by atoms with Crippen LogP contribution in [-0.2, 0) is 10.0 Å². The Morgan fingerprint density at radius 3 is 2.41 bits per heavy atom. The highest BCUT2D eigenvalue weighted by atomic mass is 32.2. The number of nitrogens with one attached hydrogen (secondary N) is 1. The summed E-state index contributed by atoms with van der Waals surface area (Å²) in [6, 6.07) is 8.48. The van der Waals surface area contributed by atoms with E-state index >= 15 is 0 Å². The third kappa shape index (κ3) is 3.78. The monoisotopic (exact) mass is 388 g/mol. The first-order chi connectivity index (χ1) is 12.7. The van der Waals surface area contributed by atoms with Gasteiger partial charge >= 0.3 is 0 Å². The third-order valence-corrected chi connectivity index (χ3v) is 6.31. The molecule has 0 aromatic heterocycles. The summed E-state index contributed by atoms with van der Waals surface area (Å²) in [6.45, 7) is 8.88. The van der Waals surface area contributed by atoms with Gasteiger partial charge < -0.3 is 9.64 Å². The first-order valence-corrected chi connectivity index (χ1v) is 10.4. The zero-order chi connectivity index (χ0) is 19.8. The first-order valence-electron chi connectivity index (χ1n) is 8.89. The molecule has 0 bridgehead atoms. The molecule has 0 fully saturated rings. The van der Waals surface area contributed by atoms with Gasteiger partial charge in [0.25, 0.3) is 15.9 Å². The van der Waals surface area contributed by atoms with Crippen LogP contribution < -0.4 is 9.46 Å². The van der Waals surface area contributed by atoms with Crippen molar-refractivity contribution in [3.8, 4) is 5.75 Å². The number of rotatable bonds is 4. The molecule has 0 atom stereocenters. The number of ether oxygens (including phenoxy) is 1. The number of anilines is 1. The Labute approximate surface area is 160 Å². The lowest BCUT2D eigenvalue weighted by atomic mass is 10.1. The van der Waals surface area contributed by atoms with Gasteiger partial charge in [-0.2, -0.15) is 0 Å². The lowest BCUT2D eigenvalue weighted by Crippen LogP contribution is -2.32. The van der Waals surface area contributed by atoms with Gasteiger partial charge in [0.05, 0.1) is 17.0 Å². The minimum absolute atomic E-state index is 0.159. The van der Waals surface area contributed by atoms with Crippen molar-refractivity contribution in [1.29, 1.82) is 0 Å². The van der Waals surface area contributed by atoms with Crippen molar-refractivity contribution in [3.63, 3.8) is 0 Å². The molecule has 144 valence electrons. The molecule has 1 amide bonds. The van der Waals surface area contributed by atoms with Gasteiger partial charge in [0.1, 0.15) is 12.4 Å². The third-order valence-electron chi connectivity index (χ3n) is 4.62. The van der Waals surface area contributed by atoms with Gasteiger partial charge in [0.15, 0.2) is 0 Å². The maximum Gasteiger partial charge on any atom is 0.262 e. The maximum atomic E-state index is 13.0. The van der Waals surface area contributed by atoms with Crippen molar-refractivity contribution in [2.75, 3.05) is 24.4 Å². The molecule has 2 aromatic rings. The number of nitrogens with zero attached hydrogens (tertiary/aromatic N) is 1. The summed E-state index contributed by atoms with van der Waals surface area (Å²) in [5.41, 5.74) is 3.09. The molecule has 3 rings (SSSR count). The lowest BCUT2D eigenvalue weighted by Gasteiger charge is -2.18. The number of likely N-dealkylation sites (N-methyl/N-ethyl adjacent to an activating group) is 1. The van der Waals surface area contributed by atoms with Gasteiger partial charge in [0, 0.05) is 12.2 Å². The SMILES string of the molecule is CCN1CCOc2ccc(NS(=O)(=O)c3c(C)cc(C)cc3C)cc2C1=O. The van der Waals surface area contributed by atoms with Gasteiger partial charge in [-0.3, -0.25) is 9.52 Å². The van der Waals surface area contributed by atoms with Gasteiger partial charge in [-0.25, -0.2) is 8.42 Å². The summed E-state index contributed by atoms with van der Waals surface area (Å²) in [5.74, 6) is 0.315. The van der Waals surface area contributed by atoms with E-state index in [0.717, 1.165) is 5.56 Å². The van der Waals surface area contributed by atoms with Crippen LogP contribution >= 0.6 is 0 Å². The predicted octanol–water partition coefficient (Wildman–Crippen LogP) is 3.27. The van der Waals surface area contributed by atoms with Crippen LogP contribution in [0, 0.1) is 20.8 Å². The van der Waals surface area contributed by atoms with Crippen LogP contribution in [0.15, 0.2) is 35.2 Å². The summed E-state index contributed by atoms with van der Waals surface area (Å²) in [6.07, 6.45) is 0. The minimum Gasteiger partial charge on any atom is -0.491 e. The molecule has 6 nitrogen and oxygen atoms in total. The van der Waals surface area contributed by atoms with E-state index in [1.807, 2.05) is 26.0 Å². The van der Waals surface area contributed by atoms with Gasteiger partial charge in [-0.15, -0.1) is 0 Å². The summed E-state index contributed by atoms with van der Waals surface area (Å²) in [4.78, 5) is 14.6. The summed E-state index contributed by atoms with van der Waals surface area (Å²) < 4.78 is 34.1. The topological polar surface area (TPSA) is 75.7 Å². The van der Waals surface area contributed by atoms with Crippen LogP contribution in [0.2, 0.25) is 0 Å². The van der Waals surface area contributed by atoms with Crippen molar-refractivity contribution < 1.29 is 17.9 Å². The van der Waals surface area contributed by atoms with Crippen molar-refractivity contribution in [3.05, 3.63) is 52.6 Å². The second-order valence-corrected chi connectivity index (χ2v) is 8.40. The molecule has 0 radical (unpaired) electrons. The van der Waals surface area contributed by atoms with Crippen molar-refractivity contribution in [1.82, 2.24) is 4.90 Å². The fraction of sp³-hybridized carbons (Fsp3) is 0.350. The standard InChI is InChI=1S/C20H24N2O4S/c1-5-22-8-9-26-18-7-6-16(12-17(18)20(22)23)21-27(24,25)19-14(3)10-13(2)11-15(19)4/h6-7,10-12,21H,5,8-9H2,1-4H3. The lowest BCUT2D eigenvalue weighted by molar-refractivity contribution is 0.0765. The zero-order valence-corrected chi connectivity index (χ0v) is 16.8. The van der Waals surface area contributed by atoms with Crippen molar-refractivity contribution >= 4 is 21.6 Å². The molecule has 0 spiro atoms. The fourth-order valence-corrected chi connectivity index (χ4v) is 5.03. The number of sulfonamides is 1. The minimum atomic E-state index is -3.78. The molecule has 0 aliphatic carbocycles. The molecule has 1 N–H and O–H groups in total. The molecule has 2 aromatic carbocycles. The number of amides is 1. The van der Waals surface area contributed by atoms with E-state index in [1.165, 1.54) is 0 Å². The Morgan fingerprint density at radius 1 is 1.11 bits per heavy atom. The predicted molar refractivity (Wildman–Crippen MR) is 105 cm³/mol. The number of aryl methyl sites for hydroxylation is 3. The van der Waals surface area contributed by atoms with E-state index in [4.69, 9.17) is 4.74 Å². The molecule has 0 saturated carbocycles. The van der Waals surface area contributed by atoms with Crippen LogP contribution in [0.1, 0.15) is 34.0 Å². The summed E-state index contributed by atoms with van der Waals surface area (Å²) >= 11 is 0. The molecule has 27 heavy (non-hydrogen) atoms. The Bertz CT molecular complexity index is 976. The first kappa shape index (κ1) is 19.2. The maximum absolute atomic E-state index is 13.0. The smallest absolute Gasteiger partial charge is 0.262 e. The number of fused-ring (bicyclic) bond motifs is 1. The molecule has 1 aliphatic rings. The molecular weight excluding hydrogens is 364 g/mol. The Morgan fingerprint density at radius 2 is 1.78 bits per heavy atom. The van der Waals surface area contributed by atoms with Crippen LogP contribution in [0.25, 0.3) is 0 Å². The van der Waals surface area contributed by atoms with Gasteiger partial charge in [0.2, 0.25) is 0 Å². The average Bonchev–Trinajstić information content (AvgIpc) is 2.72. The Balaban J connectivity index is 1.98. The Kier molecular flexibility index (Phi) is 5.15. The van der Waals surface area contributed by atoms with E-state index in [9.17, 15) is 13.2 Å². The fourth-order valence-electron chi connectivity index (χ4n) is 3.52. The van der Waals surface area contributed by atoms with Crippen molar-refractivity contribution in [2.45, 2.75) is 32.6 Å². The summed E-state index contributed by atoms with van der Waals surface area (Å²) in [7, 11) is -3.78. The van der Waals surface area contributed by atoms with Crippen LogP contribution in [-0.4, -0.2) is 38.9 Å². The summed E-state index contributed by atoms with van der Waals surface area (Å²) in [5, 5.41) is 0. The zero-order valence-electron chi connectivity index (χ0n) is 16.0. The van der Waals surface area contributed by atoms with E-state index in [1.54, 1.807) is 36.9 Å². The molecular formula is C20H24N2O4S.